The lowest BCUT2D eigenvalue weighted by molar-refractivity contribution is 0.0974. The van der Waals surface area contributed by atoms with Gasteiger partial charge in [0, 0.05) is 16.8 Å². The van der Waals surface area contributed by atoms with Gasteiger partial charge in [-0.1, -0.05) is 48.5 Å². The largest absolute Gasteiger partial charge is 0.493 e. The first-order chi connectivity index (χ1) is 20.8. The van der Waals surface area contributed by atoms with E-state index in [9.17, 15) is 9.59 Å². The van der Waals surface area contributed by atoms with Crippen molar-refractivity contribution in [2.75, 3.05) is 26.6 Å². The van der Waals surface area contributed by atoms with Crippen molar-refractivity contribution < 1.29 is 23.8 Å². The molecule has 9 nitrogen and oxygen atoms in total. The van der Waals surface area contributed by atoms with Crippen LogP contribution in [0.1, 0.15) is 43.8 Å². The monoisotopic (exact) mass is 616 g/mol. The first-order valence-corrected chi connectivity index (χ1v) is 13.8. The zero-order chi connectivity index (χ0) is 30.8. The van der Waals surface area contributed by atoms with Crippen LogP contribution in [0.2, 0.25) is 0 Å². The number of amides is 2. The third-order valence-corrected chi connectivity index (χ3v) is 6.88. The van der Waals surface area contributed by atoms with E-state index in [2.05, 4.69) is 39.9 Å². The molecular formula is C34H37ClN4O5. The smallest absolute Gasteiger partial charge is 0.258 e. The van der Waals surface area contributed by atoms with Crippen molar-refractivity contribution in [1.82, 2.24) is 5.32 Å². The van der Waals surface area contributed by atoms with Gasteiger partial charge in [-0.3, -0.25) is 14.9 Å². The van der Waals surface area contributed by atoms with E-state index in [0.29, 0.717) is 34.2 Å². The molecule has 230 valence electrons. The van der Waals surface area contributed by atoms with Gasteiger partial charge in [-0.15, -0.1) is 12.4 Å². The van der Waals surface area contributed by atoms with Gasteiger partial charge in [0.05, 0.1) is 27.0 Å². The second kappa shape index (κ2) is 16.0. The van der Waals surface area contributed by atoms with Gasteiger partial charge in [-0.05, 0) is 79.3 Å². The molecule has 0 fully saturated rings. The van der Waals surface area contributed by atoms with E-state index in [1.807, 2.05) is 43.3 Å². The van der Waals surface area contributed by atoms with Crippen LogP contribution in [0.15, 0.2) is 89.9 Å². The van der Waals surface area contributed by atoms with Crippen LogP contribution in [0.4, 0.5) is 11.4 Å². The number of carbonyl (C=O) groups is 2. The Morgan fingerprint density at radius 2 is 1.36 bits per heavy atom. The Bertz CT molecular complexity index is 1580. The SMILES string of the molecule is COc1cc(C(=O)NC(N)=Nc2ccc(C)c(NC(=O)c3ccc(CCCc4ccccc4)cc3)c2)cc(OC)c1OC.Cl. The van der Waals surface area contributed by atoms with Crippen molar-refractivity contribution >= 4 is 41.6 Å². The van der Waals surface area contributed by atoms with E-state index in [1.54, 1.807) is 12.1 Å². The van der Waals surface area contributed by atoms with Crippen LogP contribution >= 0.6 is 12.4 Å². The molecule has 0 unspecified atom stereocenters. The molecule has 0 aromatic heterocycles. The van der Waals surface area contributed by atoms with E-state index >= 15 is 0 Å². The van der Waals surface area contributed by atoms with Crippen LogP contribution in [-0.2, 0) is 12.8 Å². The number of aryl methyl sites for hydroxylation is 3. The van der Waals surface area contributed by atoms with E-state index in [-0.39, 0.29) is 29.8 Å². The molecule has 0 aliphatic rings. The summed E-state index contributed by atoms with van der Waals surface area (Å²) in [5, 5.41) is 5.52. The Morgan fingerprint density at radius 1 is 0.750 bits per heavy atom. The highest BCUT2D eigenvalue weighted by molar-refractivity contribution is 6.07. The summed E-state index contributed by atoms with van der Waals surface area (Å²) in [6, 6.07) is 26.3. The first-order valence-electron chi connectivity index (χ1n) is 13.8. The number of ether oxygens (including phenoxy) is 3. The van der Waals surface area contributed by atoms with Gasteiger partial charge in [0.1, 0.15) is 0 Å². The van der Waals surface area contributed by atoms with Gasteiger partial charge >= 0.3 is 0 Å². The molecule has 0 atom stereocenters. The summed E-state index contributed by atoms with van der Waals surface area (Å²) in [5.74, 6) is 0.168. The maximum absolute atomic E-state index is 13.0. The van der Waals surface area contributed by atoms with Crippen LogP contribution in [0.25, 0.3) is 0 Å². The molecule has 0 heterocycles. The summed E-state index contributed by atoms with van der Waals surface area (Å²) in [4.78, 5) is 30.2. The molecule has 4 rings (SSSR count). The molecule has 0 radical (unpaired) electrons. The topological polar surface area (TPSA) is 124 Å². The van der Waals surface area contributed by atoms with Crippen LogP contribution in [0, 0.1) is 6.92 Å². The quantitative estimate of drug-likeness (QED) is 0.135. The molecule has 0 saturated heterocycles. The van der Waals surface area contributed by atoms with Crippen LogP contribution in [0.3, 0.4) is 0 Å². The number of nitrogens with two attached hydrogens (primary N) is 1. The minimum Gasteiger partial charge on any atom is -0.493 e. The number of methoxy groups -OCH3 is 3. The summed E-state index contributed by atoms with van der Waals surface area (Å²) in [5.41, 5.74) is 11.2. The molecule has 4 N–H and O–H groups in total. The van der Waals surface area contributed by atoms with Crippen molar-refractivity contribution in [3.63, 3.8) is 0 Å². The van der Waals surface area contributed by atoms with Crippen molar-refractivity contribution in [1.29, 1.82) is 0 Å². The lowest BCUT2D eigenvalue weighted by atomic mass is 10.0. The number of guanidine groups is 1. The van der Waals surface area contributed by atoms with Gasteiger partial charge < -0.3 is 25.3 Å². The van der Waals surface area contributed by atoms with Gasteiger partial charge in [-0.2, -0.15) is 0 Å². The number of rotatable bonds is 11. The molecule has 0 saturated carbocycles. The Hall–Kier alpha value is -5.02. The maximum atomic E-state index is 13.0. The number of aliphatic imine (C=N–C) groups is 1. The van der Waals surface area contributed by atoms with Crippen molar-refractivity contribution in [2.24, 2.45) is 10.7 Å². The summed E-state index contributed by atoms with van der Waals surface area (Å²) >= 11 is 0. The molecule has 0 spiro atoms. The number of hydrogen-bond donors (Lipinski definition) is 3. The Morgan fingerprint density at radius 3 is 1.95 bits per heavy atom. The minimum atomic E-state index is -0.510. The molecule has 4 aromatic carbocycles. The minimum absolute atomic E-state index is 0. The predicted octanol–water partition coefficient (Wildman–Crippen LogP) is 6.25. The lowest BCUT2D eigenvalue weighted by Crippen LogP contribution is -2.36. The number of benzene rings is 4. The van der Waals surface area contributed by atoms with E-state index in [1.165, 1.54) is 44.6 Å². The summed E-state index contributed by atoms with van der Waals surface area (Å²) in [7, 11) is 4.41. The molecule has 0 aliphatic carbocycles. The molecule has 10 heteroatoms. The molecule has 0 bridgehead atoms. The van der Waals surface area contributed by atoms with E-state index in [4.69, 9.17) is 19.9 Å². The number of carbonyl (C=O) groups excluding carboxylic acids is 2. The zero-order valence-electron chi connectivity index (χ0n) is 25.2. The lowest BCUT2D eigenvalue weighted by Gasteiger charge is -2.14. The van der Waals surface area contributed by atoms with Gasteiger partial charge in [0.25, 0.3) is 11.8 Å². The van der Waals surface area contributed by atoms with Gasteiger partial charge in [-0.25, -0.2) is 4.99 Å². The number of halogens is 1. The highest BCUT2D eigenvalue weighted by atomic mass is 35.5. The van der Waals surface area contributed by atoms with Gasteiger partial charge in [0.2, 0.25) is 11.7 Å². The zero-order valence-corrected chi connectivity index (χ0v) is 26.0. The van der Waals surface area contributed by atoms with Crippen molar-refractivity contribution in [2.45, 2.75) is 26.2 Å². The third kappa shape index (κ3) is 8.75. The molecule has 44 heavy (non-hydrogen) atoms. The molecule has 4 aromatic rings. The normalized spacial score (nSPS) is 10.8. The van der Waals surface area contributed by atoms with Crippen LogP contribution in [-0.4, -0.2) is 39.1 Å². The number of anilines is 1. The Kier molecular flexibility index (Phi) is 12.2. The van der Waals surface area contributed by atoms with Crippen LogP contribution in [0.5, 0.6) is 17.2 Å². The highest BCUT2D eigenvalue weighted by Crippen LogP contribution is 2.38. The standard InChI is InChI=1S/C34H36N4O5.ClH/c1-22-13-18-27(36-34(35)38-33(40)26-19-29(41-2)31(43-4)30(20-26)42-3)21-28(22)37-32(39)25-16-14-24(15-17-25)12-8-11-23-9-6-5-7-10-23;/h5-7,9-10,13-21H,8,11-12H2,1-4H3,(H,37,39)(H3,35,36,38,40);1H. The summed E-state index contributed by atoms with van der Waals surface area (Å²) < 4.78 is 15.9. The van der Waals surface area contributed by atoms with Gasteiger partial charge in [0.15, 0.2) is 11.5 Å². The fourth-order valence-corrected chi connectivity index (χ4v) is 4.54. The number of hydrogen-bond acceptors (Lipinski definition) is 6. The Balaban J connectivity index is 0.00000529. The molecular weight excluding hydrogens is 580 g/mol. The molecule has 0 aliphatic heterocycles. The van der Waals surface area contributed by atoms with Crippen LogP contribution < -0.4 is 30.6 Å². The second-order valence-corrected chi connectivity index (χ2v) is 9.85. The fraction of sp³-hybridized carbons (Fsp3) is 0.206. The molecule has 2 amide bonds. The summed E-state index contributed by atoms with van der Waals surface area (Å²) in [6.45, 7) is 1.88. The van der Waals surface area contributed by atoms with E-state index in [0.717, 1.165) is 24.8 Å². The van der Waals surface area contributed by atoms with Crippen molar-refractivity contribution in [3.05, 3.63) is 113 Å². The predicted molar refractivity (Wildman–Crippen MR) is 176 cm³/mol. The number of nitrogens with one attached hydrogen (secondary N) is 2. The maximum Gasteiger partial charge on any atom is 0.258 e. The van der Waals surface area contributed by atoms with E-state index < -0.39 is 5.91 Å². The summed E-state index contributed by atoms with van der Waals surface area (Å²) in [6.07, 6.45) is 2.99. The Labute approximate surface area is 263 Å². The van der Waals surface area contributed by atoms with Crippen molar-refractivity contribution in [3.8, 4) is 17.2 Å². The third-order valence-electron chi connectivity index (χ3n) is 6.88. The fourth-order valence-electron chi connectivity index (χ4n) is 4.54. The first kappa shape index (κ1) is 33.5. The average molecular weight is 617 g/mol. The second-order valence-electron chi connectivity index (χ2n) is 9.85. The number of nitrogens with zero attached hydrogens (tertiary/aromatic N) is 1. The highest BCUT2D eigenvalue weighted by Gasteiger charge is 2.17. The average Bonchev–Trinajstić information content (AvgIpc) is 3.02.